The van der Waals surface area contributed by atoms with Gasteiger partial charge in [0.05, 0.1) is 6.20 Å². The molecule has 23 heavy (non-hydrogen) atoms. The van der Waals surface area contributed by atoms with E-state index in [1.54, 1.807) is 4.90 Å². The van der Waals surface area contributed by atoms with Crippen molar-refractivity contribution < 1.29 is 18.7 Å². The highest BCUT2D eigenvalue weighted by molar-refractivity contribution is 6.03. The first-order valence-corrected chi connectivity index (χ1v) is 7.87. The van der Waals surface area contributed by atoms with Gasteiger partial charge in [-0.25, -0.2) is 14.2 Å². The Morgan fingerprint density at radius 1 is 1.35 bits per heavy atom. The molecular formula is C17H21FN2O3. The van der Waals surface area contributed by atoms with E-state index in [0.717, 1.165) is 6.20 Å². The number of hydrogen-bond donors (Lipinski definition) is 0. The van der Waals surface area contributed by atoms with Crippen molar-refractivity contribution in [3.8, 4) is 0 Å². The first kappa shape index (κ1) is 15.9. The average molecular weight is 320 g/mol. The zero-order chi connectivity index (χ0) is 16.8. The lowest BCUT2D eigenvalue weighted by Crippen LogP contribution is -2.47. The van der Waals surface area contributed by atoms with Crippen molar-refractivity contribution in [1.29, 1.82) is 0 Å². The van der Waals surface area contributed by atoms with Crippen molar-refractivity contribution in [2.45, 2.75) is 45.6 Å². The van der Waals surface area contributed by atoms with Gasteiger partial charge in [0, 0.05) is 18.5 Å². The third-order valence-corrected chi connectivity index (χ3v) is 4.53. The van der Waals surface area contributed by atoms with E-state index in [9.17, 15) is 14.0 Å². The van der Waals surface area contributed by atoms with Crippen molar-refractivity contribution in [2.24, 2.45) is 5.41 Å². The third kappa shape index (κ3) is 2.94. The average Bonchev–Trinajstić information content (AvgIpc) is 2.70. The van der Waals surface area contributed by atoms with E-state index in [1.165, 1.54) is 6.07 Å². The molecule has 6 heteroatoms. The molecule has 124 valence electrons. The van der Waals surface area contributed by atoms with Gasteiger partial charge in [-0.1, -0.05) is 0 Å². The molecule has 0 bridgehead atoms. The molecule has 1 aliphatic heterocycles. The number of ether oxygens (including phenoxy) is 1. The van der Waals surface area contributed by atoms with E-state index in [0.29, 0.717) is 43.6 Å². The number of aromatic nitrogens is 1. The van der Waals surface area contributed by atoms with E-state index in [4.69, 9.17) is 4.74 Å². The Hall–Kier alpha value is -1.98. The lowest BCUT2D eigenvalue weighted by molar-refractivity contribution is 0.0113. The first-order chi connectivity index (χ1) is 10.7. The minimum atomic E-state index is -0.540. The summed E-state index contributed by atoms with van der Waals surface area (Å²) in [6.07, 6.45) is 2.37. The fraction of sp³-hybridized carbons (Fsp3) is 0.588. The number of nitrogens with zero attached hydrogens (tertiary/aromatic N) is 2. The van der Waals surface area contributed by atoms with Gasteiger partial charge in [-0.15, -0.1) is 0 Å². The maximum Gasteiger partial charge on any atom is 0.410 e. The number of hydrogen-bond acceptors (Lipinski definition) is 4. The Labute approximate surface area is 134 Å². The van der Waals surface area contributed by atoms with Crippen LogP contribution in [-0.2, 0) is 11.2 Å². The van der Waals surface area contributed by atoms with Crippen LogP contribution >= 0.6 is 0 Å². The van der Waals surface area contributed by atoms with Gasteiger partial charge in [-0.3, -0.25) is 4.79 Å². The molecule has 1 fully saturated rings. The summed E-state index contributed by atoms with van der Waals surface area (Å²) in [4.78, 5) is 30.4. The maximum absolute atomic E-state index is 13.3. The summed E-state index contributed by atoms with van der Waals surface area (Å²) in [5, 5.41) is 0. The molecule has 1 amide bonds. The number of piperidine rings is 1. The van der Waals surface area contributed by atoms with Crippen LogP contribution in [0.2, 0.25) is 0 Å². The minimum absolute atomic E-state index is 0.0173. The number of fused-ring (bicyclic) bond motifs is 1. The first-order valence-electron chi connectivity index (χ1n) is 7.87. The van der Waals surface area contributed by atoms with Crippen LogP contribution in [0.15, 0.2) is 12.3 Å². The summed E-state index contributed by atoms with van der Waals surface area (Å²) < 4.78 is 18.7. The van der Waals surface area contributed by atoms with Gasteiger partial charge in [-0.05, 0) is 51.7 Å². The Balaban J connectivity index is 1.70. The molecule has 1 spiro atoms. The van der Waals surface area contributed by atoms with Crippen LogP contribution in [0.1, 0.15) is 49.7 Å². The van der Waals surface area contributed by atoms with Gasteiger partial charge < -0.3 is 9.64 Å². The number of carbonyl (C=O) groups is 2. The lowest BCUT2D eigenvalue weighted by Gasteiger charge is -2.38. The Morgan fingerprint density at radius 2 is 2.00 bits per heavy atom. The monoisotopic (exact) mass is 320 g/mol. The topological polar surface area (TPSA) is 59.5 Å². The van der Waals surface area contributed by atoms with Crippen LogP contribution in [0, 0.1) is 11.2 Å². The fourth-order valence-corrected chi connectivity index (χ4v) is 3.36. The van der Waals surface area contributed by atoms with Gasteiger partial charge in [0.1, 0.15) is 17.1 Å². The van der Waals surface area contributed by atoms with Gasteiger partial charge in [-0.2, -0.15) is 0 Å². The number of pyridine rings is 1. The van der Waals surface area contributed by atoms with E-state index < -0.39 is 16.8 Å². The predicted molar refractivity (Wildman–Crippen MR) is 81.7 cm³/mol. The summed E-state index contributed by atoms with van der Waals surface area (Å²) >= 11 is 0. The van der Waals surface area contributed by atoms with Crippen LogP contribution in [0.4, 0.5) is 9.18 Å². The number of likely N-dealkylation sites (tertiary alicyclic amines) is 1. The Bertz CT molecular complexity index is 658. The summed E-state index contributed by atoms with van der Waals surface area (Å²) in [5.41, 5.74) is -0.00724. The second kappa shape index (κ2) is 5.28. The summed E-state index contributed by atoms with van der Waals surface area (Å²) in [6, 6.07) is 1.40. The number of rotatable bonds is 0. The number of Topliss-reactive ketones (excluding diaryl/α,β-unsaturated/α-hetero) is 1. The number of carbonyl (C=O) groups excluding carboxylic acids is 2. The molecule has 0 radical (unpaired) electrons. The molecule has 3 rings (SSSR count). The smallest absolute Gasteiger partial charge is 0.410 e. The molecule has 0 unspecified atom stereocenters. The molecule has 1 aliphatic carbocycles. The van der Waals surface area contributed by atoms with Gasteiger partial charge in [0.2, 0.25) is 0 Å². The molecule has 5 nitrogen and oxygen atoms in total. The molecule has 1 aromatic heterocycles. The number of amides is 1. The van der Waals surface area contributed by atoms with Gasteiger partial charge in [0.15, 0.2) is 5.78 Å². The zero-order valence-corrected chi connectivity index (χ0v) is 13.7. The molecular weight excluding hydrogens is 299 g/mol. The molecule has 0 aromatic carbocycles. The highest BCUT2D eigenvalue weighted by Crippen LogP contribution is 2.44. The summed E-state index contributed by atoms with van der Waals surface area (Å²) in [5.74, 6) is -0.434. The highest BCUT2D eigenvalue weighted by Gasteiger charge is 2.48. The van der Waals surface area contributed by atoms with Crippen LogP contribution in [0.3, 0.4) is 0 Å². The largest absolute Gasteiger partial charge is 0.444 e. The molecule has 2 heterocycles. The second-order valence-electron chi connectivity index (χ2n) is 7.41. The van der Waals surface area contributed by atoms with E-state index in [-0.39, 0.29) is 11.9 Å². The van der Waals surface area contributed by atoms with Crippen molar-refractivity contribution in [2.75, 3.05) is 13.1 Å². The quantitative estimate of drug-likeness (QED) is 0.737. The number of ketones is 1. The van der Waals surface area contributed by atoms with E-state index >= 15 is 0 Å². The van der Waals surface area contributed by atoms with Crippen molar-refractivity contribution in [3.63, 3.8) is 0 Å². The molecule has 1 saturated heterocycles. The van der Waals surface area contributed by atoms with E-state index in [1.807, 2.05) is 20.8 Å². The SMILES string of the molecule is CC(C)(C)OC(=O)N1CCC2(CC1)Cc1cc(F)cnc1C2=O. The zero-order valence-electron chi connectivity index (χ0n) is 13.7. The molecule has 2 aliphatic rings. The van der Waals surface area contributed by atoms with Gasteiger partial charge in [0.25, 0.3) is 0 Å². The number of halogens is 1. The summed E-state index contributed by atoms with van der Waals surface area (Å²) in [7, 11) is 0. The molecule has 0 N–H and O–H groups in total. The van der Waals surface area contributed by atoms with E-state index in [2.05, 4.69) is 4.98 Å². The van der Waals surface area contributed by atoms with Crippen LogP contribution < -0.4 is 0 Å². The normalized spacial score (nSPS) is 19.8. The molecule has 1 aromatic rings. The maximum atomic E-state index is 13.3. The summed E-state index contributed by atoms with van der Waals surface area (Å²) in [6.45, 7) is 6.42. The fourth-order valence-electron chi connectivity index (χ4n) is 3.36. The lowest BCUT2D eigenvalue weighted by atomic mass is 9.75. The van der Waals surface area contributed by atoms with Crippen LogP contribution in [0.25, 0.3) is 0 Å². The third-order valence-electron chi connectivity index (χ3n) is 4.53. The van der Waals surface area contributed by atoms with Crippen LogP contribution in [0.5, 0.6) is 0 Å². The van der Waals surface area contributed by atoms with Crippen molar-refractivity contribution >= 4 is 11.9 Å². The standard InChI is InChI=1S/C17H21FN2O3/c1-16(2,3)23-15(22)20-6-4-17(5-7-20)9-11-8-12(18)10-19-13(11)14(17)21/h8,10H,4-7,9H2,1-3H3. The van der Waals surface area contributed by atoms with Crippen LogP contribution in [-0.4, -0.2) is 40.5 Å². The van der Waals surface area contributed by atoms with Gasteiger partial charge >= 0.3 is 6.09 Å². The predicted octanol–water partition coefficient (Wildman–Crippen LogP) is 2.98. The molecule has 0 saturated carbocycles. The molecule has 0 atom stereocenters. The van der Waals surface area contributed by atoms with Crippen molar-refractivity contribution in [1.82, 2.24) is 9.88 Å². The highest BCUT2D eigenvalue weighted by atomic mass is 19.1. The Kier molecular flexibility index (Phi) is 3.65. The second-order valence-corrected chi connectivity index (χ2v) is 7.41. The van der Waals surface area contributed by atoms with Crippen molar-refractivity contribution in [3.05, 3.63) is 29.3 Å². The Morgan fingerprint density at radius 3 is 2.61 bits per heavy atom. The minimum Gasteiger partial charge on any atom is -0.444 e.